The largest absolute Gasteiger partial charge is 0.385 e. The van der Waals surface area contributed by atoms with E-state index in [4.69, 9.17) is 0 Å². The molecule has 4 atom stereocenters. The Morgan fingerprint density at radius 1 is 1.00 bits per heavy atom. The SMILES string of the molecule is O=C1C2=C(C(=O)C3C4C=CC(C4)C13)C1(O)CCC2CC1. The van der Waals surface area contributed by atoms with Crippen molar-refractivity contribution >= 4 is 11.6 Å². The van der Waals surface area contributed by atoms with Crippen molar-refractivity contribution in [2.24, 2.45) is 29.6 Å². The molecule has 6 aliphatic carbocycles. The van der Waals surface area contributed by atoms with Crippen LogP contribution in [-0.4, -0.2) is 22.3 Å². The zero-order valence-electron chi connectivity index (χ0n) is 11.3. The van der Waals surface area contributed by atoms with Crippen molar-refractivity contribution in [2.45, 2.75) is 37.7 Å². The van der Waals surface area contributed by atoms with Crippen LogP contribution in [0.25, 0.3) is 0 Å². The van der Waals surface area contributed by atoms with Gasteiger partial charge in [0.05, 0.1) is 5.60 Å². The Bertz CT molecular complexity index is 604. The molecule has 2 fully saturated rings. The molecule has 0 spiro atoms. The Morgan fingerprint density at radius 3 is 2.25 bits per heavy atom. The second kappa shape index (κ2) is 3.33. The smallest absolute Gasteiger partial charge is 0.166 e. The van der Waals surface area contributed by atoms with Gasteiger partial charge in [0.2, 0.25) is 0 Å². The quantitative estimate of drug-likeness (QED) is 0.683. The van der Waals surface area contributed by atoms with Gasteiger partial charge in [-0.1, -0.05) is 12.2 Å². The first kappa shape index (κ1) is 11.4. The van der Waals surface area contributed by atoms with Crippen molar-refractivity contribution in [2.75, 3.05) is 0 Å². The molecule has 0 heterocycles. The second-order valence-corrected chi connectivity index (χ2v) is 7.32. The van der Waals surface area contributed by atoms with Gasteiger partial charge in [-0.3, -0.25) is 9.59 Å². The first-order valence-electron chi connectivity index (χ1n) is 7.84. The van der Waals surface area contributed by atoms with Gasteiger partial charge in [-0.05, 0) is 49.9 Å². The van der Waals surface area contributed by atoms with E-state index < -0.39 is 5.60 Å². The standard InChI is InChI=1S/C17H18O3/c18-15-11-9-1-2-10(7-9)12(11)16(19)14-13(15)8-3-5-17(14,20)6-4-8/h1-2,8-12,20H,3-7H2. The third-order valence-corrected chi connectivity index (χ3v) is 6.53. The van der Waals surface area contributed by atoms with E-state index in [1.807, 2.05) is 0 Å². The number of allylic oxidation sites excluding steroid dienone is 3. The van der Waals surface area contributed by atoms with E-state index in [-0.39, 0.29) is 41.2 Å². The zero-order chi connectivity index (χ0) is 13.6. The fraction of sp³-hybridized carbons (Fsp3) is 0.647. The van der Waals surface area contributed by atoms with Gasteiger partial charge in [0, 0.05) is 23.0 Å². The minimum absolute atomic E-state index is 0.105. The van der Waals surface area contributed by atoms with Crippen LogP contribution in [0.4, 0.5) is 0 Å². The molecule has 3 nitrogen and oxygen atoms in total. The van der Waals surface area contributed by atoms with Gasteiger partial charge in [-0.2, -0.15) is 0 Å². The summed E-state index contributed by atoms with van der Waals surface area (Å²) in [6.45, 7) is 0. The molecule has 4 bridgehead atoms. The molecule has 0 aliphatic heterocycles. The molecule has 0 amide bonds. The molecule has 1 N–H and O–H groups in total. The van der Waals surface area contributed by atoms with E-state index in [1.54, 1.807) is 0 Å². The number of carbonyl (C=O) groups is 2. The Balaban J connectivity index is 1.73. The molecule has 0 radical (unpaired) electrons. The maximum atomic E-state index is 13.0. The van der Waals surface area contributed by atoms with Crippen LogP contribution >= 0.6 is 0 Å². The molecule has 0 aromatic rings. The Hall–Kier alpha value is -1.22. The Morgan fingerprint density at radius 2 is 1.60 bits per heavy atom. The lowest BCUT2D eigenvalue weighted by Gasteiger charge is -2.49. The van der Waals surface area contributed by atoms with Crippen molar-refractivity contribution in [3.05, 3.63) is 23.3 Å². The van der Waals surface area contributed by atoms with Gasteiger partial charge >= 0.3 is 0 Å². The highest BCUT2D eigenvalue weighted by atomic mass is 16.3. The van der Waals surface area contributed by atoms with Crippen molar-refractivity contribution in [1.29, 1.82) is 0 Å². The molecule has 0 aromatic carbocycles. The molecule has 20 heavy (non-hydrogen) atoms. The van der Waals surface area contributed by atoms with Gasteiger partial charge in [-0.15, -0.1) is 0 Å². The number of fused-ring (bicyclic) bond motifs is 7. The summed E-state index contributed by atoms with van der Waals surface area (Å²) in [6.07, 6.45) is 8.28. The average molecular weight is 270 g/mol. The van der Waals surface area contributed by atoms with Crippen LogP contribution in [0.15, 0.2) is 23.3 Å². The molecular formula is C17H18O3. The molecule has 6 aliphatic rings. The van der Waals surface area contributed by atoms with Crippen molar-refractivity contribution < 1.29 is 14.7 Å². The second-order valence-electron chi connectivity index (χ2n) is 7.32. The first-order valence-corrected chi connectivity index (χ1v) is 7.84. The summed E-state index contributed by atoms with van der Waals surface area (Å²) in [5, 5.41) is 10.8. The van der Waals surface area contributed by atoms with Crippen LogP contribution in [0.3, 0.4) is 0 Å². The summed E-state index contributed by atoms with van der Waals surface area (Å²) >= 11 is 0. The maximum absolute atomic E-state index is 13.0. The van der Waals surface area contributed by atoms with E-state index >= 15 is 0 Å². The third-order valence-electron chi connectivity index (χ3n) is 6.53. The molecule has 104 valence electrons. The van der Waals surface area contributed by atoms with E-state index in [9.17, 15) is 14.7 Å². The molecule has 0 saturated heterocycles. The lowest BCUT2D eigenvalue weighted by Crippen LogP contribution is -2.53. The van der Waals surface area contributed by atoms with E-state index in [0.29, 0.717) is 18.4 Å². The zero-order valence-corrected chi connectivity index (χ0v) is 11.3. The number of hydrogen-bond donors (Lipinski definition) is 1. The normalized spacial score (nSPS) is 51.8. The van der Waals surface area contributed by atoms with E-state index in [2.05, 4.69) is 12.2 Å². The number of ketones is 2. The van der Waals surface area contributed by atoms with Crippen LogP contribution in [0.1, 0.15) is 32.1 Å². The fourth-order valence-corrected chi connectivity index (χ4v) is 5.66. The predicted octanol–water partition coefficient (Wildman–Crippen LogP) is 1.81. The van der Waals surface area contributed by atoms with E-state index in [0.717, 1.165) is 24.8 Å². The predicted molar refractivity (Wildman–Crippen MR) is 71.7 cm³/mol. The first-order chi connectivity index (χ1) is 9.60. The molecular weight excluding hydrogens is 252 g/mol. The van der Waals surface area contributed by atoms with E-state index in [1.165, 1.54) is 0 Å². The summed E-state index contributed by atoms with van der Waals surface area (Å²) < 4.78 is 0. The minimum Gasteiger partial charge on any atom is -0.385 e. The van der Waals surface area contributed by atoms with Gasteiger partial charge in [0.25, 0.3) is 0 Å². The van der Waals surface area contributed by atoms with Crippen molar-refractivity contribution in [1.82, 2.24) is 0 Å². The summed E-state index contributed by atoms with van der Waals surface area (Å²) in [6, 6.07) is 0. The summed E-state index contributed by atoms with van der Waals surface area (Å²) in [5.41, 5.74) is 0.275. The highest BCUT2D eigenvalue weighted by Crippen LogP contribution is 2.59. The summed E-state index contributed by atoms with van der Waals surface area (Å²) in [5.74, 6) is 0.765. The highest BCUT2D eigenvalue weighted by Gasteiger charge is 2.61. The number of rotatable bonds is 0. The minimum atomic E-state index is -0.993. The van der Waals surface area contributed by atoms with Crippen LogP contribution in [0.5, 0.6) is 0 Å². The molecule has 4 unspecified atom stereocenters. The van der Waals surface area contributed by atoms with Gasteiger partial charge in [0.1, 0.15) is 0 Å². The molecule has 3 heteroatoms. The molecule has 6 rings (SSSR count). The monoisotopic (exact) mass is 270 g/mol. The van der Waals surface area contributed by atoms with Crippen LogP contribution in [0.2, 0.25) is 0 Å². The fourth-order valence-electron chi connectivity index (χ4n) is 5.66. The highest BCUT2D eigenvalue weighted by molar-refractivity contribution is 6.16. The van der Waals surface area contributed by atoms with Gasteiger partial charge in [-0.25, -0.2) is 0 Å². The van der Waals surface area contributed by atoms with Crippen molar-refractivity contribution in [3.63, 3.8) is 0 Å². The van der Waals surface area contributed by atoms with Crippen LogP contribution in [0, 0.1) is 29.6 Å². The molecule has 2 saturated carbocycles. The number of Topliss-reactive ketones (excluding diaryl/α,β-unsaturated/α-hetero) is 2. The molecule has 0 aromatic heterocycles. The topological polar surface area (TPSA) is 54.4 Å². The number of aliphatic hydroxyl groups is 1. The number of carbonyl (C=O) groups excluding carboxylic acids is 2. The number of hydrogen-bond acceptors (Lipinski definition) is 3. The lowest BCUT2D eigenvalue weighted by atomic mass is 9.55. The van der Waals surface area contributed by atoms with Crippen molar-refractivity contribution in [3.8, 4) is 0 Å². The maximum Gasteiger partial charge on any atom is 0.166 e. The summed E-state index contributed by atoms with van der Waals surface area (Å²) in [4.78, 5) is 25.9. The van der Waals surface area contributed by atoms with Crippen LogP contribution < -0.4 is 0 Å². The third kappa shape index (κ3) is 1.09. The Kier molecular flexibility index (Phi) is 1.90. The Labute approximate surface area is 117 Å². The average Bonchev–Trinajstić information content (AvgIpc) is 3.05. The van der Waals surface area contributed by atoms with Gasteiger partial charge < -0.3 is 5.11 Å². The van der Waals surface area contributed by atoms with Gasteiger partial charge in [0.15, 0.2) is 11.6 Å². The summed E-state index contributed by atoms with van der Waals surface area (Å²) in [7, 11) is 0. The lowest BCUT2D eigenvalue weighted by molar-refractivity contribution is -0.136. The van der Waals surface area contributed by atoms with Crippen LogP contribution in [-0.2, 0) is 9.59 Å².